The Bertz CT molecular complexity index is 122. The summed E-state index contributed by atoms with van der Waals surface area (Å²) in [7, 11) is 0. The molecule has 1 aliphatic heterocycles. The molecule has 10 heavy (non-hydrogen) atoms. The molecule has 0 radical (unpaired) electrons. The molecule has 1 heterocycles. The zero-order valence-corrected chi connectivity index (χ0v) is 6.39. The molecule has 0 bridgehead atoms. The van der Waals surface area contributed by atoms with Crippen molar-refractivity contribution >= 4 is 22.7 Å². The first-order chi connectivity index (χ1) is 4.63. The number of hydrogen-bond donors (Lipinski definition) is 2. The van der Waals surface area contributed by atoms with Crippen molar-refractivity contribution in [2.75, 3.05) is 13.2 Å². The molecule has 0 aromatic rings. The quantitative estimate of drug-likeness (QED) is 0.490. The van der Waals surface area contributed by atoms with Crippen LogP contribution in [0.1, 0.15) is 0 Å². The highest BCUT2D eigenvalue weighted by Gasteiger charge is 2.07. The molecule has 1 aliphatic rings. The lowest BCUT2D eigenvalue weighted by molar-refractivity contribution is 0.365. The van der Waals surface area contributed by atoms with E-state index in [9.17, 15) is 4.21 Å². The number of rotatable bonds is 0. The molecule has 1 rings (SSSR count). The molecular formula is C2H6O6S2. The molecule has 0 aromatic heterocycles. The van der Waals surface area contributed by atoms with Crippen molar-refractivity contribution in [3.8, 4) is 0 Å². The van der Waals surface area contributed by atoms with E-state index in [0.29, 0.717) is 13.2 Å². The Hall–Kier alpha value is 0.140. The minimum absolute atomic E-state index is 0.465. The van der Waals surface area contributed by atoms with E-state index >= 15 is 0 Å². The monoisotopic (exact) mass is 190 g/mol. The second-order valence-corrected chi connectivity index (χ2v) is 2.42. The van der Waals surface area contributed by atoms with Gasteiger partial charge in [-0.05, 0) is 0 Å². The summed E-state index contributed by atoms with van der Waals surface area (Å²) >= 11 is -4.03. The molecule has 8 heteroatoms. The Morgan fingerprint density at radius 2 is 1.60 bits per heavy atom. The van der Waals surface area contributed by atoms with Crippen molar-refractivity contribution in [2.24, 2.45) is 0 Å². The Morgan fingerprint density at radius 3 is 1.70 bits per heavy atom. The molecule has 6 nitrogen and oxygen atoms in total. The normalized spacial score (nSPS) is 18.7. The van der Waals surface area contributed by atoms with Crippen LogP contribution >= 0.6 is 0 Å². The molecule has 0 saturated carbocycles. The fraction of sp³-hybridized carbons (Fsp3) is 1.00. The second-order valence-electron chi connectivity index (χ2n) is 1.08. The van der Waals surface area contributed by atoms with E-state index in [1.807, 2.05) is 0 Å². The smallest absolute Gasteiger partial charge is 0.284 e. The van der Waals surface area contributed by atoms with Crippen LogP contribution in [-0.2, 0) is 31.1 Å². The highest BCUT2D eigenvalue weighted by atomic mass is 32.2. The molecule has 0 aromatic carbocycles. The van der Waals surface area contributed by atoms with Crippen LogP contribution in [0.5, 0.6) is 0 Å². The Kier molecular flexibility index (Phi) is 5.97. The summed E-state index contributed by atoms with van der Waals surface area (Å²) in [5.74, 6) is 0. The fourth-order valence-corrected chi connectivity index (χ4v) is 0.714. The van der Waals surface area contributed by atoms with E-state index in [1.165, 1.54) is 0 Å². The first kappa shape index (κ1) is 10.1. The summed E-state index contributed by atoms with van der Waals surface area (Å²) in [6, 6.07) is 0. The lowest BCUT2D eigenvalue weighted by atomic mass is 10.8. The van der Waals surface area contributed by atoms with E-state index in [0.717, 1.165) is 0 Å². The van der Waals surface area contributed by atoms with E-state index in [2.05, 4.69) is 8.37 Å². The number of hydrogen-bond acceptors (Lipinski definition) is 4. The van der Waals surface area contributed by atoms with Gasteiger partial charge in [-0.1, -0.05) is 0 Å². The van der Waals surface area contributed by atoms with Crippen LogP contribution in [-0.4, -0.2) is 30.7 Å². The summed E-state index contributed by atoms with van der Waals surface area (Å²) < 4.78 is 41.5. The summed E-state index contributed by atoms with van der Waals surface area (Å²) in [5, 5.41) is 0. The summed E-state index contributed by atoms with van der Waals surface area (Å²) in [4.78, 5) is 0. The van der Waals surface area contributed by atoms with Crippen LogP contribution in [0.25, 0.3) is 0 Å². The molecule has 2 N–H and O–H groups in total. The van der Waals surface area contributed by atoms with Crippen LogP contribution in [0.3, 0.4) is 0 Å². The first-order valence-corrected chi connectivity index (χ1v) is 4.17. The minimum Gasteiger partial charge on any atom is -0.284 e. The predicted octanol–water partition coefficient (Wildman–Crippen LogP) is -0.707. The van der Waals surface area contributed by atoms with Crippen LogP contribution < -0.4 is 0 Å². The molecule has 62 valence electrons. The molecule has 0 amide bonds. The maximum atomic E-state index is 9.91. The van der Waals surface area contributed by atoms with E-state index in [4.69, 9.17) is 13.3 Å². The van der Waals surface area contributed by atoms with Gasteiger partial charge >= 0.3 is 11.4 Å². The van der Waals surface area contributed by atoms with Crippen molar-refractivity contribution in [3.63, 3.8) is 0 Å². The lowest BCUT2D eigenvalue weighted by Gasteiger charge is -1.76. The summed E-state index contributed by atoms with van der Waals surface area (Å²) in [6.45, 7) is 0.930. The highest BCUT2D eigenvalue weighted by Crippen LogP contribution is 1.95. The predicted molar refractivity (Wildman–Crippen MR) is 33.4 cm³/mol. The van der Waals surface area contributed by atoms with Gasteiger partial charge in [0.1, 0.15) is 0 Å². The van der Waals surface area contributed by atoms with Gasteiger partial charge in [-0.15, -0.1) is 0 Å². The largest absolute Gasteiger partial charge is 0.304 e. The van der Waals surface area contributed by atoms with Crippen molar-refractivity contribution < 1.29 is 25.9 Å². The SMILES string of the molecule is O=S(O)O.O=S1OCCO1. The van der Waals surface area contributed by atoms with Crippen LogP contribution in [0.4, 0.5) is 0 Å². The van der Waals surface area contributed by atoms with Gasteiger partial charge in [-0.25, -0.2) is 0 Å². The Morgan fingerprint density at radius 1 is 1.30 bits per heavy atom. The summed E-state index contributed by atoms with van der Waals surface area (Å²) in [6.07, 6.45) is 0. The average Bonchev–Trinajstić information content (AvgIpc) is 2.15. The third kappa shape index (κ3) is 8.14. The third-order valence-electron chi connectivity index (χ3n) is 0.442. The van der Waals surface area contributed by atoms with Gasteiger partial charge in [-0.2, -0.15) is 8.42 Å². The molecule has 0 aliphatic carbocycles. The van der Waals surface area contributed by atoms with Gasteiger partial charge in [-0.3, -0.25) is 17.5 Å². The van der Waals surface area contributed by atoms with Crippen LogP contribution in [0.2, 0.25) is 0 Å². The summed E-state index contributed by atoms with van der Waals surface area (Å²) in [5.41, 5.74) is 0. The highest BCUT2D eigenvalue weighted by molar-refractivity contribution is 7.75. The van der Waals surface area contributed by atoms with Crippen molar-refractivity contribution in [1.29, 1.82) is 0 Å². The van der Waals surface area contributed by atoms with Gasteiger partial charge in [0.05, 0.1) is 13.2 Å². The van der Waals surface area contributed by atoms with Crippen LogP contribution in [0.15, 0.2) is 0 Å². The van der Waals surface area contributed by atoms with Gasteiger partial charge < -0.3 is 0 Å². The zero-order chi connectivity index (χ0) is 7.98. The molecule has 1 saturated heterocycles. The molecule has 1 fully saturated rings. The molecule has 0 unspecified atom stereocenters. The van der Waals surface area contributed by atoms with Gasteiger partial charge in [0, 0.05) is 0 Å². The molecular weight excluding hydrogens is 184 g/mol. The van der Waals surface area contributed by atoms with Crippen LogP contribution in [0, 0.1) is 0 Å². The maximum absolute atomic E-state index is 9.91. The van der Waals surface area contributed by atoms with Crippen molar-refractivity contribution in [1.82, 2.24) is 0 Å². The Balaban J connectivity index is 0.000000180. The van der Waals surface area contributed by atoms with Crippen molar-refractivity contribution in [2.45, 2.75) is 0 Å². The average molecular weight is 190 g/mol. The molecule has 0 atom stereocenters. The minimum atomic E-state index is -2.61. The lowest BCUT2D eigenvalue weighted by Crippen LogP contribution is -1.81. The van der Waals surface area contributed by atoms with Crippen molar-refractivity contribution in [3.05, 3.63) is 0 Å². The Labute approximate surface area is 62.5 Å². The fourth-order valence-electron chi connectivity index (χ4n) is 0.238. The zero-order valence-electron chi connectivity index (χ0n) is 4.76. The van der Waals surface area contributed by atoms with Gasteiger partial charge in [0.25, 0.3) is 11.4 Å². The van der Waals surface area contributed by atoms with Gasteiger partial charge in [0.2, 0.25) is 0 Å². The maximum Gasteiger partial charge on any atom is 0.304 e. The van der Waals surface area contributed by atoms with E-state index < -0.39 is 22.7 Å². The van der Waals surface area contributed by atoms with E-state index in [1.54, 1.807) is 0 Å². The van der Waals surface area contributed by atoms with Gasteiger partial charge in [0.15, 0.2) is 0 Å². The topological polar surface area (TPSA) is 93.1 Å². The van der Waals surface area contributed by atoms with E-state index in [-0.39, 0.29) is 0 Å². The second kappa shape index (κ2) is 5.89. The first-order valence-electron chi connectivity index (χ1n) is 2.11. The third-order valence-corrected chi connectivity index (χ3v) is 1.16. The standard InChI is InChI=1S/C2H4O3S.H2O3S/c3-6-4-1-2-5-6;1-4(2)3/h1-2H2;(H2,1,2,3). The molecule has 0 spiro atoms.